The Morgan fingerprint density at radius 3 is 1.81 bits per heavy atom. The quantitative estimate of drug-likeness (QED) is 0.175. The lowest BCUT2D eigenvalue weighted by Gasteiger charge is -2.26. The van der Waals surface area contributed by atoms with Crippen LogP contribution in [0, 0.1) is 0 Å². The zero-order valence-electron chi connectivity index (χ0n) is 31.3. The SMILES string of the molecule is C1=CC(c2cc(-n3c4ccccc4c4cc(-c5ccc6c(c5)c5ccccc5n6-c5ccccc5)ccc43)cc3c2sc2ccccc23)C2Oc3ccccc3C2=C1. The summed E-state index contributed by atoms with van der Waals surface area (Å²) in [5.74, 6) is 1.03. The van der Waals surface area contributed by atoms with E-state index in [4.69, 9.17) is 4.74 Å². The van der Waals surface area contributed by atoms with Crippen molar-refractivity contribution in [3.05, 3.63) is 205 Å². The summed E-state index contributed by atoms with van der Waals surface area (Å²) in [6.07, 6.45) is 6.73. The summed E-state index contributed by atoms with van der Waals surface area (Å²) in [5, 5.41) is 7.59. The Kier molecular flexibility index (Phi) is 6.72. The average Bonchev–Trinajstić information content (AvgIpc) is 4.04. The van der Waals surface area contributed by atoms with Crippen LogP contribution in [0.2, 0.25) is 0 Å². The number of hydrogen-bond donors (Lipinski definition) is 0. The Hall–Kier alpha value is -7.14. The van der Waals surface area contributed by atoms with Gasteiger partial charge in [-0.05, 0) is 89.5 Å². The van der Waals surface area contributed by atoms with E-state index in [1.54, 1.807) is 0 Å². The first-order valence-electron chi connectivity index (χ1n) is 20.0. The third-order valence-electron chi connectivity index (χ3n) is 12.5. The molecule has 11 aromatic rings. The van der Waals surface area contributed by atoms with Gasteiger partial charge < -0.3 is 13.9 Å². The van der Waals surface area contributed by atoms with Crippen LogP contribution in [0.15, 0.2) is 194 Å². The normalized spacial score (nSPS) is 16.1. The maximum atomic E-state index is 6.78. The number of fused-ring (bicyclic) bond motifs is 12. The van der Waals surface area contributed by atoms with E-state index in [1.807, 2.05) is 11.3 Å². The van der Waals surface area contributed by atoms with Gasteiger partial charge in [-0.1, -0.05) is 121 Å². The number of hydrogen-bond acceptors (Lipinski definition) is 2. The van der Waals surface area contributed by atoms with Crippen molar-refractivity contribution in [3.63, 3.8) is 0 Å². The Balaban J connectivity index is 1.00. The number of nitrogens with zero attached hydrogens (tertiary/aromatic N) is 2. The molecule has 13 rings (SSSR count). The van der Waals surface area contributed by atoms with Crippen molar-refractivity contribution in [3.8, 4) is 28.3 Å². The Bertz CT molecular complexity index is 3560. The Morgan fingerprint density at radius 2 is 1.07 bits per heavy atom. The highest BCUT2D eigenvalue weighted by Gasteiger charge is 2.37. The average molecular weight is 759 g/mol. The van der Waals surface area contributed by atoms with Crippen LogP contribution in [0.3, 0.4) is 0 Å². The molecule has 0 bridgehead atoms. The van der Waals surface area contributed by atoms with Gasteiger partial charge in [0.25, 0.3) is 0 Å². The first-order chi connectivity index (χ1) is 28.8. The van der Waals surface area contributed by atoms with Crippen LogP contribution >= 0.6 is 11.3 Å². The second-order valence-corrected chi connectivity index (χ2v) is 16.6. The molecule has 272 valence electrons. The van der Waals surface area contributed by atoms with Gasteiger partial charge in [-0.15, -0.1) is 11.3 Å². The van der Waals surface area contributed by atoms with E-state index >= 15 is 0 Å². The van der Waals surface area contributed by atoms with E-state index in [-0.39, 0.29) is 12.0 Å². The summed E-state index contributed by atoms with van der Waals surface area (Å²) in [7, 11) is 0. The molecule has 0 saturated carbocycles. The highest BCUT2D eigenvalue weighted by Crippen LogP contribution is 2.49. The molecule has 3 nitrogen and oxygen atoms in total. The summed E-state index contributed by atoms with van der Waals surface area (Å²) < 4.78 is 14.3. The molecule has 2 atom stereocenters. The minimum absolute atomic E-state index is 0.0605. The van der Waals surface area contributed by atoms with Crippen LogP contribution in [0.25, 0.3) is 91.9 Å². The van der Waals surface area contributed by atoms with E-state index in [9.17, 15) is 0 Å². The van der Waals surface area contributed by atoms with Crippen molar-refractivity contribution in [1.29, 1.82) is 0 Å². The maximum absolute atomic E-state index is 6.78. The predicted octanol–water partition coefficient (Wildman–Crippen LogP) is 14.4. The lowest BCUT2D eigenvalue weighted by atomic mass is 9.83. The van der Waals surface area contributed by atoms with Crippen LogP contribution in [0.5, 0.6) is 5.75 Å². The molecule has 2 unspecified atom stereocenters. The van der Waals surface area contributed by atoms with Gasteiger partial charge in [0.1, 0.15) is 11.9 Å². The summed E-state index contributed by atoms with van der Waals surface area (Å²) in [4.78, 5) is 0. The van der Waals surface area contributed by atoms with Gasteiger partial charge >= 0.3 is 0 Å². The second kappa shape index (κ2) is 12.2. The molecule has 0 amide bonds. The fourth-order valence-corrected chi connectivity index (χ4v) is 11.2. The van der Waals surface area contributed by atoms with Crippen LogP contribution in [0.1, 0.15) is 17.0 Å². The molecule has 2 aliphatic rings. The van der Waals surface area contributed by atoms with Gasteiger partial charge in [0.15, 0.2) is 0 Å². The van der Waals surface area contributed by atoms with Crippen molar-refractivity contribution in [1.82, 2.24) is 9.13 Å². The van der Waals surface area contributed by atoms with Crippen LogP contribution in [-0.4, -0.2) is 15.2 Å². The van der Waals surface area contributed by atoms with E-state index in [2.05, 4.69) is 203 Å². The van der Waals surface area contributed by atoms with Crippen molar-refractivity contribution in [2.24, 2.45) is 0 Å². The van der Waals surface area contributed by atoms with Crippen molar-refractivity contribution < 1.29 is 4.74 Å². The van der Waals surface area contributed by atoms with Crippen molar-refractivity contribution in [2.45, 2.75) is 12.0 Å². The van der Waals surface area contributed by atoms with Crippen LogP contribution < -0.4 is 4.74 Å². The molecular formula is C54H34N2OS. The molecule has 0 saturated heterocycles. The molecule has 0 N–H and O–H groups in total. The van der Waals surface area contributed by atoms with Gasteiger partial charge in [-0.25, -0.2) is 0 Å². The van der Waals surface area contributed by atoms with Crippen LogP contribution in [0.4, 0.5) is 0 Å². The summed E-state index contributed by atoms with van der Waals surface area (Å²) >= 11 is 1.89. The van der Waals surface area contributed by atoms with E-state index in [0.717, 1.165) is 5.75 Å². The van der Waals surface area contributed by atoms with Gasteiger partial charge in [0.05, 0.1) is 22.1 Å². The van der Waals surface area contributed by atoms with Gasteiger partial charge in [-0.2, -0.15) is 0 Å². The number of rotatable bonds is 4. The van der Waals surface area contributed by atoms with Crippen LogP contribution in [-0.2, 0) is 0 Å². The largest absolute Gasteiger partial charge is 0.484 e. The molecule has 0 radical (unpaired) electrons. The lowest BCUT2D eigenvalue weighted by Crippen LogP contribution is -2.23. The highest BCUT2D eigenvalue weighted by atomic mass is 32.1. The zero-order chi connectivity index (χ0) is 37.9. The molecule has 4 heterocycles. The molecule has 8 aromatic carbocycles. The first-order valence-corrected chi connectivity index (χ1v) is 20.8. The predicted molar refractivity (Wildman–Crippen MR) is 244 cm³/mol. The Labute approximate surface area is 338 Å². The number of ether oxygens (including phenoxy) is 1. The first kappa shape index (κ1) is 32.0. The van der Waals surface area contributed by atoms with Gasteiger partial charge in [-0.3, -0.25) is 0 Å². The fourth-order valence-electron chi connectivity index (χ4n) is 9.91. The number of benzene rings is 8. The van der Waals surface area contributed by atoms with Crippen molar-refractivity contribution in [2.75, 3.05) is 0 Å². The summed E-state index contributed by atoms with van der Waals surface area (Å²) in [5.41, 5.74) is 13.3. The molecule has 1 aliphatic carbocycles. The second-order valence-electron chi connectivity index (χ2n) is 15.6. The minimum atomic E-state index is -0.0779. The van der Waals surface area contributed by atoms with Crippen molar-refractivity contribution >= 4 is 80.7 Å². The topological polar surface area (TPSA) is 19.1 Å². The molecule has 3 aromatic heterocycles. The maximum Gasteiger partial charge on any atom is 0.135 e. The lowest BCUT2D eigenvalue weighted by molar-refractivity contribution is 0.259. The van der Waals surface area contributed by atoms with E-state index in [1.165, 1.54) is 103 Å². The monoisotopic (exact) mass is 758 g/mol. The highest BCUT2D eigenvalue weighted by molar-refractivity contribution is 7.26. The molecule has 0 spiro atoms. The molecule has 1 aliphatic heterocycles. The Morgan fingerprint density at radius 1 is 0.466 bits per heavy atom. The third-order valence-corrected chi connectivity index (χ3v) is 13.7. The zero-order valence-corrected chi connectivity index (χ0v) is 32.2. The standard InChI is InChI=1S/C54H34N2OS/c1-2-13-35(14-3-1)55-47-21-8-4-15-37(47)43-29-33(25-27-49(43)55)34-26-28-50-44(30-34)38-16-5-9-22-48(38)56(50)36-31-45-40-18-7-11-24-52(40)58-54(45)46(32-36)42-20-12-19-41-39-17-6-10-23-51(39)57-53(41)42/h1-32,42,53H. The summed E-state index contributed by atoms with van der Waals surface area (Å²) in [6, 6.07) is 64.5. The molecule has 58 heavy (non-hydrogen) atoms. The molecule has 4 heteroatoms. The third kappa shape index (κ3) is 4.55. The van der Waals surface area contributed by atoms with Gasteiger partial charge in [0.2, 0.25) is 0 Å². The minimum Gasteiger partial charge on any atom is -0.484 e. The van der Waals surface area contributed by atoms with Gasteiger partial charge in [0, 0.05) is 70.1 Å². The number of aromatic nitrogens is 2. The number of allylic oxidation sites excluding steroid dienone is 2. The number of thiophene rings is 1. The molecule has 0 fully saturated rings. The smallest absolute Gasteiger partial charge is 0.135 e. The van der Waals surface area contributed by atoms with E-state index in [0.29, 0.717) is 0 Å². The molecular weight excluding hydrogens is 725 g/mol. The number of para-hydroxylation sites is 4. The van der Waals surface area contributed by atoms with E-state index < -0.39 is 0 Å². The fraction of sp³-hybridized carbons (Fsp3) is 0.0370. The summed E-state index contributed by atoms with van der Waals surface area (Å²) in [6.45, 7) is 0.